The highest BCUT2D eigenvalue weighted by Crippen LogP contribution is 2.32. The molecule has 84 valence electrons. The van der Waals surface area contributed by atoms with Gasteiger partial charge in [0.2, 0.25) is 0 Å². The molecule has 2 heterocycles. The van der Waals surface area contributed by atoms with Gasteiger partial charge in [0.05, 0.1) is 18.8 Å². The van der Waals surface area contributed by atoms with E-state index < -0.39 is 0 Å². The Bertz CT molecular complexity index is 660. The number of aromatic amines is 1. The molecule has 0 amide bonds. The highest BCUT2D eigenvalue weighted by molar-refractivity contribution is 5.92. The molecule has 0 bridgehead atoms. The minimum Gasteiger partial charge on any atom is -0.496 e. The molecule has 1 aromatic carbocycles. The fourth-order valence-electron chi connectivity index (χ4n) is 1.94. The molecule has 0 fully saturated rings. The van der Waals surface area contributed by atoms with Crippen LogP contribution in [0.25, 0.3) is 22.2 Å². The summed E-state index contributed by atoms with van der Waals surface area (Å²) in [7, 11) is 1.67. The first-order valence-electron chi connectivity index (χ1n) is 5.31. The van der Waals surface area contributed by atoms with Crippen LogP contribution in [0.2, 0.25) is 0 Å². The van der Waals surface area contributed by atoms with Gasteiger partial charge in [-0.2, -0.15) is 5.10 Å². The maximum Gasteiger partial charge on any atom is 0.126 e. The van der Waals surface area contributed by atoms with Gasteiger partial charge in [0.25, 0.3) is 0 Å². The van der Waals surface area contributed by atoms with Gasteiger partial charge >= 0.3 is 0 Å². The molecule has 3 rings (SSSR count). The number of nitrogens with zero attached hydrogens (tertiary/aromatic N) is 2. The standard InChI is InChI=1S/C13H11N3O/c1-17-12-5-3-2-4-9(12)10-6-7-14-11-8-15-16-13(10)11/h2-8H,1H3,(H,15,16). The summed E-state index contributed by atoms with van der Waals surface area (Å²) in [4.78, 5) is 4.25. The number of methoxy groups -OCH3 is 1. The smallest absolute Gasteiger partial charge is 0.126 e. The molecule has 3 aromatic rings. The van der Waals surface area contributed by atoms with Crippen molar-refractivity contribution in [3.8, 4) is 16.9 Å². The Hall–Kier alpha value is -2.36. The average Bonchev–Trinajstić information content (AvgIpc) is 2.86. The Morgan fingerprint density at radius 2 is 2.00 bits per heavy atom. The minimum atomic E-state index is 0.842. The van der Waals surface area contributed by atoms with Crippen molar-refractivity contribution in [1.29, 1.82) is 0 Å². The summed E-state index contributed by atoms with van der Waals surface area (Å²) in [6.45, 7) is 0. The second-order valence-corrected chi connectivity index (χ2v) is 3.69. The lowest BCUT2D eigenvalue weighted by molar-refractivity contribution is 0.416. The van der Waals surface area contributed by atoms with Gasteiger partial charge in [-0.1, -0.05) is 18.2 Å². The van der Waals surface area contributed by atoms with Crippen LogP contribution in [0.3, 0.4) is 0 Å². The van der Waals surface area contributed by atoms with Crippen LogP contribution >= 0.6 is 0 Å². The molecule has 17 heavy (non-hydrogen) atoms. The Kier molecular flexibility index (Phi) is 2.26. The van der Waals surface area contributed by atoms with Gasteiger partial charge in [-0.25, -0.2) is 0 Å². The van der Waals surface area contributed by atoms with Crippen LogP contribution in [0.1, 0.15) is 0 Å². The largest absolute Gasteiger partial charge is 0.496 e. The van der Waals surface area contributed by atoms with Crippen molar-refractivity contribution in [2.45, 2.75) is 0 Å². The van der Waals surface area contributed by atoms with Gasteiger partial charge in [-0.3, -0.25) is 10.1 Å². The number of benzene rings is 1. The zero-order valence-corrected chi connectivity index (χ0v) is 9.34. The third-order valence-electron chi connectivity index (χ3n) is 2.74. The van der Waals surface area contributed by atoms with Crippen molar-refractivity contribution in [2.24, 2.45) is 0 Å². The molecule has 4 nitrogen and oxygen atoms in total. The third-order valence-corrected chi connectivity index (χ3v) is 2.74. The predicted molar refractivity (Wildman–Crippen MR) is 65.9 cm³/mol. The molecule has 0 saturated heterocycles. The topological polar surface area (TPSA) is 50.8 Å². The van der Waals surface area contributed by atoms with E-state index >= 15 is 0 Å². The summed E-state index contributed by atoms with van der Waals surface area (Å²) in [6, 6.07) is 9.86. The molecular weight excluding hydrogens is 214 g/mol. The van der Waals surface area contributed by atoms with Gasteiger partial charge in [-0.05, 0) is 12.1 Å². The first-order valence-corrected chi connectivity index (χ1v) is 5.31. The van der Waals surface area contributed by atoms with Crippen LogP contribution in [0.15, 0.2) is 42.7 Å². The fourth-order valence-corrected chi connectivity index (χ4v) is 1.94. The number of aromatic nitrogens is 3. The SMILES string of the molecule is COc1ccccc1-c1ccnc2cn[nH]c12. The number of ether oxygens (including phenoxy) is 1. The maximum absolute atomic E-state index is 5.37. The normalized spacial score (nSPS) is 10.6. The van der Waals surface area contributed by atoms with Crippen LogP contribution in [0.4, 0.5) is 0 Å². The van der Waals surface area contributed by atoms with Crippen LogP contribution in [0.5, 0.6) is 5.75 Å². The number of fused-ring (bicyclic) bond motifs is 1. The predicted octanol–water partition coefficient (Wildman–Crippen LogP) is 2.63. The number of nitrogens with one attached hydrogen (secondary N) is 1. The summed E-state index contributed by atoms with van der Waals surface area (Å²) in [6.07, 6.45) is 3.49. The minimum absolute atomic E-state index is 0.842. The first kappa shape index (κ1) is 9.84. The van der Waals surface area contributed by atoms with Gasteiger partial charge in [0.15, 0.2) is 0 Å². The number of para-hydroxylation sites is 1. The molecule has 0 aliphatic rings. The highest BCUT2D eigenvalue weighted by Gasteiger charge is 2.09. The second-order valence-electron chi connectivity index (χ2n) is 3.69. The van der Waals surface area contributed by atoms with Gasteiger partial charge in [0.1, 0.15) is 11.3 Å². The molecule has 0 saturated carbocycles. The number of rotatable bonds is 2. The molecular formula is C13H11N3O. The van der Waals surface area contributed by atoms with E-state index in [-0.39, 0.29) is 0 Å². The Morgan fingerprint density at radius 3 is 2.88 bits per heavy atom. The summed E-state index contributed by atoms with van der Waals surface area (Å²) >= 11 is 0. The first-order chi connectivity index (χ1) is 8.40. The van der Waals surface area contributed by atoms with E-state index in [1.807, 2.05) is 30.3 Å². The molecule has 0 unspecified atom stereocenters. The quantitative estimate of drug-likeness (QED) is 0.729. The monoisotopic (exact) mass is 225 g/mol. The lowest BCUT2D eigenvalue weighted by atomic mass is 10.0. The van der Waals surface area contributed by atoms with E-state index in [1.165, 1.54) is 0 Å². The number of hydrogen-bond acceptors (Lipinski definition) is 3. The molecule has 0 aliphatic carbocycles. The third kappa shape index (κ3) is 1.54. The van der Waals surface area contributed by atoms with E-state index in [2.05, 4.69) is 15.2 Å². The number of H-pyrrole nitrogens is 1. The van der Waals surface area contributed by atoms with E-state index in [0.29, 0.717) is 0 Å². The van der Waals surface area contributed by atoms with Crippen molar-refractivity contribution < 1.29 is 4.74 Å². The highest BCUT2D eigenvalue weighted by atomic mass is 16.5. The van der Waals surface area contributed by atoms with Crippen molar-refractivity contribution in [3.05, 3.63) is 42.7 Å². The molecule has 1 N–H and O–H groups in total. The van der Waals surface area contributed by atoms with Crippen LogP contribution in [-0.4, -0.2) is 22.3 Å². The van der Waals surface area contributed by atoms with Crippen molar-refractivity contribution in [3.63, 3.8) is 0 Å². The second kappa shape index (κ2) is 3.90. The molecule has 4 heteroatoms. The van der Waals surface area contributed by atoms with E-state index in [0.717, 1.165) is 27.9 Å². The van der Waals surface area contributed by atoms with E-state index in [1.54, 1.807) is 19.5 Å². The maximum atomic E-state index is 5.37. The molecule has 0 radical (unpaired) electrons. The van der Waals surface area contributed by atoms with Crippen molar-refractivity contribution >= 4 is 11.0 Å². The van der Waals surface area contributed by atoms with Crippen LogP contribution in [-0.2, 0) is 0 Å². The molecule has 2 aromatic heterocycles. The summed E-state index contributed by atoms with van der Waals surface area (Å²) in [5, 5.41) is 6.98. The van der Waals surface area contributed by atoms with Gasteiger partial charge in [-0.15, -0.1) is 0 Å². The Labute approximate surface area is 98.3 Å². The van der Waals surface area contributed by atoms with E-state index in [9.17, 15) is 0 Å². The van der Waals surface area contributed by atoms with Crippen molar-refractivity contribution in [2.75, 3.05) is 7.11 Å². The summed E-state index contributed by atoms with van der Waals surface area (Å²) in [5.41, 5.74) is 3.86. The fraction of sp³-hybridized carbons (Fsp3) is 0.0769. The zero-order valence-electron chi connectivity index (χ0n) is 9.34. The Balaban J connectivity index is 2.30. The van der Waals surface area contributed by atoms with Crippen molar-refractivity contribution in [1.82, 2.24) is 15.2 Å². The van der Waals surface area contributed by atoms with Crippen LogP contribution < -0.4 is 4.74 Å². The lowest BCUT2D eigenvalue weighted by Crippen LogP contribution is -1.89. The molecule has 0 spiro atoms. The average molecular weight is 225 g/mol. The number of pyridine rings is 1. The van der Waals surface area contributed by atoms with Crippen LogP contribution in [0, 0.1) is 0 Å². The van der Waals surface area contributed by atoms with E-state index in [4.69, 9.17) is 4.74 Å². The lowest BCUT2D eigenvalue weighted by Gasteiger charge is -2.08. The molecule has 0 atom stereocenters. The Morgan fingerprint density at radius 1 is 1.12 bits per heavy atom. The van der Waals surface area contributed by atoms with Gasteiger partial charge in [0, 0.05) is 17.3 Å². The van der Waals surface area contributed by atoms with Gasteiger partial charge < -0.3 is 4.74 Å². The summed E-state index contributed by atoms with van der Waals surface area (Å²) in [5.74, 6) is 0.842. The summed E-state index contributed by atoms with van der Waals surface area (Å²) < 4.78 is 5.37. The number of hydrogen-bond donors (Lipinski definition) is 1. The molecule has 0 aliphatic heterocycles. The zero-order chi connectivity index (χ0) is 11.7.